The number of ether oxygens (including phenoxy) is 1. The number of hydrogen-bond acceptors (Lipinski definition) is 4. The number of thiazole rings is 1. The Hall–Kier alpha value is -2.50. The van der Waals surface area contributed by atoms with Crippen LogP contribution in [0, 0.1) is 0 Å². The van der Waals surface area contributed by atoms with Crippen LogP contribution in [0.3, 0.4) is 0 Å². The van der Waals surface area contributed by atoms with E-state index in [0.717, 1.165) is 21.8 Å². The average Bonchev–Trinajstić information content (AvgIpc) is 3.13. The number of benzene rings is 2. The molecular formula is C22H22N2O2S. The summed E-state index contributed by atoms with van der Waals surface area (Å²) in [7, 11) is 0. The van der Waals surface area contributed by atoms with Crippen LogP contribution >= 0.6 is 11.3 Å². The zero-order valence-corrected chi connectivity index (χ0v) is 16.3. The molecule has 4 nitrogen and oxygen atoms in total. The molecule has 1 aromatic heterocycles. The summed E-state index contributed by atoms with van der Waals surface area (Å²) in [6, 6.07) is 20.0. The third kappa shape index (κ3) is 3.80. The second kappa shape index (κ2) is 7.62. The molecule has 0 aliphatic carbocycles. The molecule has 0 spiro atoms. The molecule has 27 heavy (non-hydrogen) atoms. The molecule has 2 unspecified atom stereocenters. The van der Waals surface area contributed by atoms with Crippen LogP contribution < -0.4 is 0 Å². The van der Waals surface area contributed by atoms with E-state index in [1.807, 2.05) is 79.4 Å². The van der Waals surface area contributed by atoms with E-state index in [4.69, 9.17) is 9.72 Å². The molecule has 4 rings (SSSR count). The van der Waals surface area contributed by atoms with Gasteiger partial charge in [0.1, 0.15) is 9.88 Å². The maximum absolute atomic E-state index is 13.4. The molecule has 0 saturated carbocycles. The number of aromatic nitrogens is 1. The van der Waals surface area contributed by atoms with Gasteiger partial charge in [-0.3, -0.25) is 4.79 Å². The van der Waals surface area contributed by atoms with Gasteiger partial charge in [0.2, 0.25) is 0 Å². The van der Waals surface area contributed by atoms with Crippen LogP contribution in [0.2, 0.25) is 0 Å². The number of rotatable bonds is 3. The summed E-state index contributed by atoms with van der Waals surface area (Å²) in [5.41, 5.74) is 2.76. The molecule has 0 N–H and O–H groups in total. The van der Waals surface area contributed by atoms with Gasteiger partial charge >= 0.3 is 0 Å². The predicted octanol–water partition coefficient (Wildman–Crippen LogP) is 4.73. The van der Waals surface area contributed by atoms with E-state index in [1.54, 1.807) is 0 Å². The van der Waals surface area contributed by atoms with E-state index >= 15 is 0 Å². The molecule has 0 radical (unpaired) electrons. The number of carbonyl (C=O) groups is 1. The highest BCUT2D eigenvalue weighted by molar-refractivity contribution is 7.17. The van der Waals surface area contributed by atoms with E-state index in [-0.39, 0.29) is 18.1 Å². The summed E-state index contributed by atoms with van der Waals surface area (Å²) in [6.45, 7) is 5.23. The summed E-state index contributed by atoms with van der Waals surface area (Å²) >= 11 is 1.47. The van der Waals surface area contributed by atoms with Crippen molar-refractivity contribution in [2.75, 3.05) is 13.1 Å². The molecule has 2 atom stereocenters. The van der Waals surface area contributed by atoms with Crippen LogP contribution in [0.25, 0.3) is 21.8 Å². The maximum atomic E-state index is 13.4. The number of nitrogens with zero attached hydrogens (tertiary/aromatic N) is 2. The molecule has 2 heterocycles. The summed E-state index contributed by atoms with van der Waals surface area (Å²) in [6.07, 6.45) is 0.0822. The van der Waals surface area contributed by atoms with Gasteiger partial charge in [-0.05, 0) is 13.8 Å². The molecule has 2 aromatic carbocycles. The Morgan fingerprint density at radius 1 is 0.963 bits per heavy atom. The van der Waals surface area contributed by atoms with Gasteiger partial charge in [-0.2, -0.15) is 0 Å². The first kappa shape index (κ1) is 17.9. The maximum Gasteiger partial charge on any atom is 0.266 e. The largest absolute Gasteiger partial charge is 0.372 e. The van der Waals surface area contributed by atoms with E-state index in [0.29, 0.717) is 18.0 Å². The Morgan fingerprint density at radius 2 is 1.52 bits per heavy atom. The van der Waals surface area contributed by atoms with E-state index in [9.17, 15) is 4.79 Å². The Balaban J connectivity index is 1.76. The first-order valence-corrected chi connectivity index (χ1v) is 10.00. The fraction of sp³-hybridized carbons (Fsp3) is 0.273. The van der Waals surface area contributed by atoms with Crippen LogP contribution in [0.15, 0.2) is 60.7 Å². The van der Waals surface area contributed by atoms with E-state index in [1.165, 1.54) is 11.3 Å². The number of hydrogen-bond donors (Lipinski definition) is 0. The van der Waals surface area contributed by atoms with Crippen LogP contribution in [-0.4, -0.2) is 41.1 Å². The Bertz CT molecular complexity index is 914. The van der Waals surface area contributed by atoms with Crippen molar-refractivity contribution in [3.63, 3.8) is 0 Å². The lowest BCUT2D eigenvalue weighted by Gasteiger charge is -2.35. The normalized spacial score (nSPS) is 19.9. The summed E-state index contributed by atoms with van der Waals surface area (Å²) in [5, 5.41) is 0.868. The van der Waals surface area contributed by atoms with Crippen molar-refractivity contribution in [1.29, 1.82) is 0 Å². The van der Waals surface area contributed by atoms with E-state index < -0.39 is 0 Å². The van der Waals surface area contributed by atoms with Crippen LogP contribution in [0.1, 0.15) is 23.5 Å². The van der Waals surface area contributed by atoms with Gasteiger partial charge in [-0.15, -0.1) is 11.3 Å². The zero-order valence-electron chi connectivity index (χ0n) is 15.5. The third-order valence-corrected chi connectivity index (χ3v) is 5.69. The van der Waals surface area contributed by atoms with Gasteiger partial charge in [0.15, 0.2) is 0 Å². The molecule has 138 valence electrons. The SMILES string of the molecule is CC1CN(C(=O)c2sc(-c3ccccc3)nc2-c2ccccc2)CC(C)O1. The summed E-state index contributed by atoms with van der Waals surface area (Å²) in [5.74, 6) is 0.0375. The average molecular weight is 378 g/mol. The number of amides is 1. The Morgan fingerprint density at radius 3 is 2.11 bits per heavy atom. The van der Waals surface area contributed by atoms with Crippen molar-refractivity contribution in [3.05, 3.63) is 65.5 Å². The highest BCUT2D eigenvalue weighted by Crippen LogP contribution is 2.35. The summed E-state index contributed by atoms with van der Waals surface area (Å²) in [4.78, 5) is 20.8. The lowest BCUT2D eigenvalue weighted by Crippen LogP contribution is -2.48. The molecule has 1 aliphatic rings. The second-order valence-corrected chi connectivity index (χ2v) is 7.90. The van der Waals surface area contributed by atoms with Crippen molar-refractivity contribution in [2.24, 2.45) is 0 Å². The quantitative estimate of drug-likeness (QED) is 0.662. The van der Waals surface area contributed by atoms with Crippen molar-refractivity contribution in [2.45, 2.75) is 26.1 Å². The Labute approximate surface area is 163 Å². The highest BCUT2D eigenvalue weighted by atomic mass is 32.1. The minimum Gasteiger partial charge on any atom is -0.372 e. The lowest BCUT2D eigenvalue weighted by molar-refractivity contribution is -0.0584. The minimum absolute atomic E-state index is 0.0375. The highest BCUT2D eigenvalue weighted by Gasteiger charge is 2.30. The van der Waals surface area contributed by atoms with Gasteiger partial charge in [-0.25, -0.2) is 4.98 Å². The van der Waals surface area contributed by atoms with Gasteiger partial charge < -0.3 is 9.64 Å². The fourth-order valence-electron chi connectivity index (χ4n) is 3.45. The number of morpholine rings is 1. The monoisotopic (exact) mass is 378 g/mol. The molecule has 1 amide bonds. The molecule has 5 heteroatoms. The smallest absolute Gasteiger partial charge is 0.266 e. The minimum atomic E-state index is 0.0375. The van der Waals surface area contributed by atoms with Gasteiger partial charge in [0.25, 0.3) is 5.91 Å². The molecule has 1 fully saturated rings. The van der Waals surface area contributed by atoms with Crippen LogP contribution in [-0.2, 0) is 4.74 Å². The molecule has 1 saturated heterocycles. The van der Waals surface area contributed by atoms with Crippen molar-refractivity contribution in [1.82, 2.24) is 9.88 Å². The second-order valence-electron chi connectivity index (χ2n) is 6.90. The van der Waals surface area contributed by atoms with Crippen LogP contribution in [0.5, 0.6) is 0 Å². The van der Waals surface area contributed by atoms with Gasteiger partial charge in [0.05, 0.1) is 17.9 Å². The van der Waals surface area contributed by atoms with Crippen LogP contribution in [0.4, 0.5) is 0 Å². The summed E-state index contributed by atoms with van der Waals surface area (Å²) < 4.78 is 5.79. The molecular weight excluding hydrogens is 356 g/mol. The van der Waals surface area contributed by atoms with Crippen molar-refractivity contribution >= 4 is 17.2 Å². The van der Waals surface area contributed by atoms with Gasteiger partial charge in [0, 0.05) is 24.2 Å². The first-order chi connectivity index (χ1) is 13.1. The standard InChI is InChI=1S/C22H22N2O2S/c1-15-13-24(14-16(2)26-15)22(25)20-19(17-9-5-3-6-10-17)23-21(27-20)18-11-7-4-8-12-18/h3-12,15-16H,13-14H2,1-2H3. The molecule has 3 aromatic rings. The molecule has 1 aliphatic heterocycles. The topological polar surface area (TPSA) is 42.4 Å². The molecule has 0 bridgehead atoms. The predicted molar refractivity (Wildman–Crippen MR) is 109 cm³/mol. The Kier molecular flexibility index (Phi) is 5.05. The first-order valence-electron chi connectivity index (χ1n) is 9.18. The number of carbonyl (C=O) groups excluding carboxylic acids is 1. The van der Waals surface area contributed by atoms with E-state index in [2.05, 4.69) is 0 Å². The third-order valence-electron chi connectivity index (χ3n) is 4.60. The fourth-order valence-corrected chi connectivity index (χ4v) is 4.51. The zero-order chi connectivity index (χ0) is 18.8. The van der Waals surface area contributed by atoms with Crippen molar-refractivity contribution < 1.29 is 9.53 Å². The van der Waals surface area contributed by atoms with Gasteiger partial charge in [-0.1, -0.05) is 60.7 Å². The van der Waals surface area contributed by atoms with Crippen molar-refractivity contribution in [3.8, 4) is 21.8 Å². The lowest BCUT2D eigenvalue weighted by atomic mass is 10.1.